The number of benzene rings is 2. The van der Waals surface area contributed by atoms with Gasteiger partial charge in [-0.2, -0.15) is 5.26 Å². The van der Waals surface area contributed by atoms with E-state index in [9.17, 15) is 14.4 Å². The van der Waals surface area contributed by atoms with Crippen molar-refractivity contribution in [2.45, 2.75) is 25.3 Å². The Morgan fingerprint density at radius 2 is 2.06 bits per heavy atom. The summed E-state index contributed by atoms with van der Waals surface area (Å²) in [6.07, 6.45) is 2.73. The van der Waals surface area contributed by atoms with Gasteiger partial charge in [0.15, 0.2) is 0 Å². The number of amides is 1. The van der Waals surface area contributed by atoms with Crippen molar-refractivity contribution in [2.75, 3.05) is 25.0 Å². The summed E-state index contributed by atoms with van der Waals surface area (Å²) in [5.74, 6) is -0.0422. The van der Waals surface area contributed by atoms with Gasteiger partial charge in [-0.1, -0.05) is 30.3 Å². The van der Waals surface area contributed by atoms with E-state index in [0.29, 0.717) is 47.7 Å². The highest BCUT2D eigenvalue weighted by molar-refractivity contribution is 5.99. The molecule has 4 rings (SSSR count). The molecule has 1 aliphatic rings. The minimum absolute atomic E-state index is 0.204. The van der Waals surface area contributed by atoms with Gasteiger partial charge in [0.25, 0.3) is 5.91 Å². The Hall–Kier alpha value is -3.76. The Kier molecular flexibility index (Phi) is 7.28. The number of pyridine rings is 1. The van der Waals surface area contributed by atoms with Crippen LogP contribution in [0.4, 0.5) is 10.2 Å². The molecule has 33 heavy (non-hydrogen) atoms. The van der Waals surface area contributed by atoms with Crippen LogP contribution in [0.15, 0.2) is 60.7 Å². The first-order valence-corrected chi connectivity index (χ1v) is 11.1. The van der Waals surface area contributed by atoms with E-state index < -0.39 is 0 Å². The summed E-state index contributed by atoms with van der Waals surface area (Å²) in [7, 11) is 0. The molecule has 1 fully saturated rings. The molecule has 6 nitrogen and oxygen atoms in total. The SMILES string of the molecule is N#Cc1ccccc1-c1ccc(C(=O)NCC2CCCN2)c(NCCc2cccc(F)c2)n1. The van der Waals surface area contributed by atoms with Gasteiger partial charge in [-0.05, 0) is 61.7 Å². The van der Waals surface area contributed by atoms with Crippen LogP contribution in [0.1, 0.15) is 34.3 Å². The van der Waals surface area contributed by atoms with Gasteiger partial charge in [-0.3, -0.25) is 4.79 Å². The molecule has 1 aliphatic heterocycles. The van der Waals surface area contributed by atoms with Crippen molar-refractivity contribution in [2.24, 2.45) is 0 Å². The van der Waals surface area contributed by atoms with Crippen LogP contribution < -0.4 is 16.0 Å². The molecule has 2 aromatic carbocycles. The van der Waals surface area contributed by atoms with Crippen molar-refractivity contribution in [1.29, 1.82) is 5.26 Å². The number of anilines is 1. The van der Waals surface area contributed by atoms with Gasteiger partial charge in [-0.25, -0.2) is 9.37 Å². The Labute approximate surface area is 192 Å². The quantitative estimate of drug-likeness (QED) is 0.491. The number of nitrogens with zero attached hydrogens (tertiary/aromatic N) is 2. The predicted molar refractivity (Wildman–Crippen MR) is 126 cm³/mol. The largest absolute Gasteiger partial charge is 0.369 e. The Morgan fingerprint density at radius 3 is 2.85 bits per heavy atom. The molecule has 1 saturated heterocycles. The van der Waals surface area contributed by atoms with Crippen LogP contribution in [-0.4, -0.2) is 36.6 Å². The summed E-state index contributed by atoms with van der Waals surface area (Å²) in [5.41, 5.74) is 3.11. The number of nitrogens with one attached hydrogen (secondary N) is 3. The normalized spacial score (nSPS) is 15.1. The summed E-state index contributed by atoms with van der Waals surface area (Å²) in [5, 5.41) is 19.1. The Balaban J connectivity index is 1.56. The smallest absolute Gasteiger partial charge is 0.255 e. The van der Waals surface area contributed by atoms with E-state index in [1.54, 1.807) is 30.3 Å². The van der Waals surface area contributed by atoms with Crippen molar-refractivity contribution < 1.29 is 9.18 Å². The molecule has 0 aliphatic carbocycles. The maximum atomic E-state index is 13.5. The molecule has 1 unspecified atom stereocenters. The standard InChI is InChI=1S/C26H26FN5O/c27-20-7-3-5-18(15-20)12-14-30-25-23(26(33)31-17-21-8-4-13-29-21)10-11-24(32-25)22-9-2-1-6-19(22)16-28/h1-3,5-7,9-11,15,21,29H,4,8,12-14,17H2,(H,30,32)(H,31,33). The van der Waals surface area contributed by atoms with Crippen LogP contribution in [0.3, 0.4) is 0 Å². The number of carbonyl (C=O) groups is 1. The lowest BCUT2D eigenvalue weighted by Crippen LogP contribution is -2.37. The fraction of sp³-hybridized carbons (Fsp3) is 0.269. The first kappa shape index (κ1) is 22.4. The average molecular weight is 444 g/mol. The Bertz CT molecular complexity index is 1170. The van der Waals surface area contributed by atoms with Gasteiger partial charge >= 0.3 is 0 Å². The molecular weight excluding hydrogens is 417 g/mol. The fourth-order valence-electron chi connectivity index (χ4n) is 3.99. The first-order chi connectivity index (χ1) is 16.1. The van der Waals surface area contributed by atoms with Crippen molar-refractivity contribution in [1.82, 2.24) is 15.6 Å². The van der Waals surface area contributed by atoms with Crippen molar-refractivity contribution in [3.8, 4) is 17.3 Å². The summed E-state index contributed by atoms with van der Waals surface area (Å²) in [6.45, 7) is 2.01. The molecule has 0 saturated carbocycles. The molecule has 7 heteroatoms. The second-order valence-corrected chi connectivity index (χ2v) is 8.06. The van der Waals surface area contributed by atoms with Crippen molar-refractivity contribution in [3.63, 3.8) is 0 Å². The maximum absolute atomic E-state index is 13.5. The Morgan fingerprint density at radius 1 is 1.18 bits per heavy atom. The highest BCUT2D eigenvalue weighted by Gasteiger charge is 2.19. The van der Waals surface area contributed by atoms with Gasteiger partial charge in [0, 0.05) is 24.7 Å². The van der Waals surface area contributed by atoms with Gasteiger partial charge in [0.2, 0.25) is 0 Å². The third-order valence-electron chi connectivity index (χ3n) is 5.73. The summed E-state index contributed by atoms with van der Waals surface area (Å²) >= 11 is 0. The molecule has 1 atom stereocenters. The lowest BCUT2D eigenvalue weighted by Gasteiger charge is -2.15. The lowest BCUT2D eigenvalue weighted by molar-refractivity contribution is 0.0951. The van der Waals surface area contributed by atoms with Crippen LogP contribution in [0.25, 0.3) is 11.3 Å². The van der Waals surface area contributed by atoms with Gasteiger partial charge in [0.05, 0.1) is 22.9 Å². The van der Waals surface area contributed by atoms with Crippen LogP contribution in [-0.2, 0) is 6.42 Å². The number of carbonyl (C=O) groups excluding carboxylic acids is 1. The number of hydrogen-bond acceptors (Lipinski definition) is 5. The van der Waals surface area contributed by atoms with E-state index in [1.807, 2.05) is 18.2 Å². The number of nitriles is 1. The molecule has 0 bridgehead atoms. The van der Waals surface area contributed by atoms with Crippen LogP contribution >= 0.6 is 0 Å². The zero-order chi connectivity index (χ0) is 23.0. The third-order valence-corrected chi connectivity index (χ3v) is 5.73. The fourth-order valence-corrected chi connectivity index (χ4v) is 3.99. The second kappa shape index (κ2) is 10.7. The summed E-state index contributed by atoms with van der Waals surface area (Å²) < 4.78 is 13.5. The lowest BCUT2D eigenvalue weighted by atomic mass is 10.0. The van der Waals surface area contributed by atoms with Crippen LogP contribution in [0, 0.1) is 17.1 Å². The zero-order valence-electron chi connectivity index (χ0n) is 18.3. The highest BCUT2D eigenvalue weighted by atomic mass is 19.1. The first-order valence-electron chi connectivity index (χ1n) is 11.1. The van der Waals surface area contributed by atoms with Gasteiger partial charge in [-0.15, -0.1) is 0 Å². The molecule has 0 radical (unpaired) electrons. The number of halogens is 1. The average Bonchev–Trinajstić information content (AvgIpc) is 3.36. The van der Waals surface area contributed by atoms with E-state index in [2.05, 4.69) is 27.0 Å². The van der Waals surface area contributed by atoms with Crippen LogP contribution in [0.5, 0.6) is 0 Å². The molecular formula is C26H26FN5O. The highest BCUT2D eigenvalue weighted by Crippen LogP contribution is 2.25. The number of aromatic nitrogens is 1. The van der Waals surface area contributed by atoms with E-state index in [-0.39, 0.29) is 17.8 Å². The second-order valence-electron chi connectivity index (χ2n) is 8.06. The van der Waals surface area contributed by atoms with E-state index in [0.717, 1.165) is 24.9 Å². The predicted octanol–water partition coefficient (Wildman–Crippen LogP) is 3.90. The number of hydrogen-bond donors (Lipinski definition) is 3. The van der Waals surface area contributed by atoms with Crippen molar-refractivity contribution in [3.05, 3.63) is 83.2 Å². The minimum atomic E-state index is -0.277. The minimum Gasteiger partial charge on any atom is -0.369 e. The van der Waals surface area contributed by atoms with Crippen molar-refractivity contribution >= 4 is 11.7 Å². The third kappa shape index (κ3) is 5.73. The molecule has 1 aromatic heterocycles. The summed E-state index contributed by atoms with van der Waals surface area (Å²) in [6, 6.07) is 19.7. The van der Waals surface area contributed by atoms with E-state index in [1.165, 1.54) is 12.1 Å². The van der Waals surface area contributed by atoms with Gasteiger partial charge in [0.1, 0.15) is 11.6 Å². The molecule has 3 N–H and O–H groups in total. The van der Waals surface area contributed by atoms with E-state index in [4.69, 9.17) is 0 Å². The monoisotopic (exact) mass is 443 g/mol. The summed E-state index contributed by atoms with van der Waals surface area (Å²) in [4.78, 5) is 17.6. The zero-order valence-corrected chi connectivity index (χ0v) is 18.3. The topological polar surface area (TPSA) is 89.8 Å². The molecule has 2 heterocycles. The van der Waals surface area contributed by atoms with E-state index >= 15 is 0 Å². The number of rotatable bonds is 8. The maximum Gasteiger partial charge on any atom is 0.255 e. The molecule has 3 aromatic rings. The molecule has 1 amide bonds. The molecule has 168 valence electrons. The van der Waals surface area contributed by atoms with Crippen LogP contribution in [0.2, 0.25) is 0 Å². The molecule has 0 spiro atoms. The van der Waals surface area contributed by atoms with Gasteiger partial charge < -0.3 is 16.0 Å².